The second-order valence-electron chi connectivity index (χ2n) is 33.5. The summed E-state index contributed by atoms with van der Waals surface area (Å²) in [5.74, 6) is 0.615. The van der Waals surface area contributed by atoms with Gasteiger partial charge in [-0.15, -0.1) is 6.58 Å². The Hall–Kier alpha value is -6.22. The molecule has 0 amide bonds. The second kappa shape index (κ2) is 42.6. The molecule has 1 aliphatic carbocycles. The second-order valence-corrected chi connectivity index (χ2v) is 43.0. The molecule has 0 bridgehead atoms. The maximum atomic E-state index is 13.2. The molecule has 31 nitrogen and oxygen atoms in total. The lowest BCUT2D eigenvalue weighted by Crippen LogP contribution is -2.55. The summed E-state index contributed by atoms with van der Waals surface area (Å²) in [6, 6.07) is 32.0. The largest absolute Gasteiger partial charge is 0.392 e. The maximum absolute atomic E-state index is 13.2. The number of nitrogens with zero attached hydrogens (tertiary/aromatic N) is 10. The highest BCUT2D eigenvalue weighted by molar-refractivity contribution is 7.90. The van der Waals surface area contributed by atoms with Crippen molar-refractivity contribution < 1.29 is 93.7 Å². The smallest absolute Gasteiger partial charge is 0.335 e. The normalized spacial score (nSPS) is 22.2. The van der Waals surface area contributed by atoms with Crippen LogP contribution in [0.15, 0.2) is 158 Å². The van der Waals surface area contributed by atoms with E-state index in [1.54, 1.807) is 85.7 Å². The van der Waals surface area contributed by atoms with Crippen molar-refractivity contribution in [2.24, 2.45) is 5.92 Å². The van der Waals surface area contributed by atoms with Gasteiger partial charge >= 0.3 is 11.6 Å². The minimum absolute atomic E-state index is 0.0747. The highest BCUT2D eigenvalue weighted by atomic mass is 32.2. The van der Waals surface area contributed by atoms with Gasteiger partial charge in [0.25, 0.3) is 0 Å². The first-order valence-corrected chi connectivity index (χ1v) is 51.0. The van der Waals surface area contributed by atoms with E-state index in [9.17, 15) is 56.5 Å². The molecule has 37 heteroatoms. The third-order valence-corrected chi connectivity index (χ3v) is 35.5. The third-order valence-electron chi connectivity index (χ3n) is 25.6. The van der Waals surface area contributed by atoms with Crippen LogP contribution in [0.3, 0.4) is 0 Å². The summed E-state index contributed by atoms with van der Waals surface area (Å²) in [6.45, 7) is 30.9. The van der Waals surface area contributed by atoms with Crippen molar-refractivity contribution in [2.45, 2.75) is 191 Å². The number of likely N-dealkylation sites (tertiary alicyclic amines) is 5. The quantitative estimate of drug-likeness (QED) is 0.0503. The van der Waals surface area contributed by atoms with E-state index in [1.165, 1.54) is 85.0 Å². The Balaban J connectivity index is 0.000000150. The number of hydrogen-bond acceptors (Lipinski definition) is 26. The zero-order valence-corrected chi connectivity index (χ0v) is 77.4. The van der Waals surface area contributed by atoms with Gasteiger partial charge in [-0.1, -0.05) is 92.6 Å². The van der Waals surface area contributed by atoms with Gasteiger partial charge in [-0.2, -0.15) is 29.9 Å². The first kappa shape index (κ1) is 98.4. The van der Waals surface area contributed by atoms with Crippen molar-refractivity contribution in [1.82, 2.24) is 46.0 Å². The molecule has 5 spiro atoms. The van der Waals surface area contributed by atoms with Crippen molar-refractivity contribution in [3.05, 3.63) is 162 Å². The van der Waals surface area contributed by atoms with Crippen molar-refractivity contribution in [3.8, 4) is 0 Å². The fourth-order valence-electron chi connectivity index (χ4n) is 18.0. The predicted octanol–water partition coefficient (Wildman–Crippen LogP) is 8.28. The molecule has 5 aromatic carbocycles. The molecular weight excluding hydrogens is 1710 g/mol. The van der Waals surface area contributed by atoms with Crippen LogP contribution in [0.1, 0.15) is 167 Å². The highest BCUT2D eigenvalue weighted by Gasteiger charge is 2.56. The molecule has 684 valence electrons. The van der Waals surface area contributed by atoms with E-state index in [2.05, 4.69) is 52.0 Å². The number of ketones is 3. The molecule has 10 aliphatic heterocycles. The van der Waals surface area contributed by atoms with Crippen LogP contribution in [-0.2, 0) is 92.0 Å². The number of Topliss-reactive ketones (excluding diaryl/α,β-unsaturated/α-hetero) is 3. The monoisotopic (exact) mass is 1840 g/mol. The number of hydrogen-bond donors (Lipinski definition) is 1. The minimum Gasteiger partial charge on any atom is -0.392 e. The average Bonchev–Trinajstić information content (AvgIpc) is 1.59. The number of aliphatic hydroxyl groups is 1. The van der Waals surface area contributed by atoms with E-state index in [0.29, 0.717) is 131 Å². The van der Waals surface area contributed by atoms with E-state index < -0.39 is 90.3 Å². The van der Waals surface area contributed by atoms with Crippen LogP contribution in [0, 0.1) is 12.8 Å². The molecule has 5 aromatic rings. The van der Waals surface area contributed by atoms with Crippen LogP contribution < -0.4 is 0 Å². The molecule has 10 heterocycles. The zero-order chi connectivity index (χ0) is 89.5. The summed E-state index contributed by atoms with van der Waals surface area (Å²) in [5, 5.41) is 9.15. The number of aryl methyl sites for hydroxylation is 1. The van der Waals surface area contributed by atoms with Crippen LogP contribution in [-0.4, -0.2) is 312 Å². The Morgan fingerprint density at radius 1 is 0.411 bits per heavy atom. The standard InChI is InChI=1S/C19H28N2O4S.C18H26N2O4S.C18H24N2O4S.C17H24N2O4S.C15H22N2O3S.O2S/c1-3-4-11-20-12-9-19(10-13-20)21(14-15-25-19)26(23,24)18-7-5-17(6-8-18)16(2)22;21-14-16-3-5-17(6-4-16)25(22,23)20-11-12-24-18(20)7-9-19(10-8-18)13-15-1-2-15;1-3-10-19-11-8-18(9-12-19)20(13-14-24-18)25(22,23)17-6-4-16(5-7-17)15(2)21;1-3-18-10-8-17(9-11-18)19(12-13-23-17)24(21,22)16-6-4-15(5-7-16)14(2)20;1-13-3-5-14(6-4-13)21(18,19)17-11-12-20-15(17)7-9-16(2)10-8-15;1-3-2/h5-8H,3-4,9-15H2,1-2H3;3-6,15,21H,1-2,7-14H2;3-7H,1,8-14H2,2H3;4-7H,3,8-13H2,1-2H3;3-6H,7-12H2,1-2H3;. The van der Waals surface area contributed by atoms with Crippen LogP contribution >= 0.6 is 0 Å². The molecule has 16 rings (SSSR count). The zero-order valence-electron chi connectivity index (χ0n) is 72.5. The van der Waals surface area contributed by atoms with Gasteiger partial charge < -0.3 is 48.4 Å². The van der Waals surface area contributed by atoms with Crippen molar-refractivity contribution in [3.63, 3.8) is 0 Å². The van der Waals surface area contributed by atoms with E-state index in [-0.39, 0.29) is 43.5 Å². The lowest BCUT2D eigenvalue weighted by atomic mass is 10.0. The van der Waals surface area contributed by atoms with Gasteiger partial charge in [0.2, 0.25) is 50.1 Å². The Labute approximate surface area is 737 Å². The molecular formula is C87H124N10O21S6. The lowest BCUT2D eigenvalue weighted by molar-refractivity contribution is -0.0911. The van der Waals surface area contributed by atoms with Crippen LogP contribution in [0.4, 0.5) is 0 Å². The molecule has 0 unspecified atom stereocenters. The maximum Gasteiger partial charge on any atom is 0.335 e. The first-order valence-electron chi connectivity index (χ1n) is 43.1. The summed E-state index contributed by atoms with van der Waals surface area (Å²) in [4.78, 5) is 47.1. The molecule has 10 saturated heterocycles. The van der Waals surface area contributed by atoms with Crippen molar-refractivity contribution >= 4 is 79.0 Å². The Kier molecular flexibility index (Phi) is 33.8. The van der Waals surface area contributed by atoms with E-state index >= 15 is 0 Å². The van der Waals surface area contributed by atoms with E-state index in [4.69, 9.17) is 37.2 Å². The molecule has 124 heavy (non-hydrogen) atoms. The molecule has 1 saturated carbocycles. The topological polar surface area (TPSA) is 355 Å². The minimum atomic E-state index is -3.66. The number of benzene rings is 5. The highest BCUT2D eigenvalue weighted by Crippen LogP contribution is 2.45. The summed E-state index contributed by atoms with van der Waals surface area (Å²) in [5.41, 5.74) is -0.229. The fourth-order valence-corrected chi connectivity index (χ4v) is 26.7. The van der Waals surface area contributed by atoms with E-state index in [0.717, 1.165) is 135 Å². The number of rotatable bonds is 22. The number of ether oxygens (including phenoxy) is 5. The van der Waals surface area contributed by atoms with Gasteiger partial charge in [0, 0.05) is 192 Å². The van der Waals surface area contributed by atoms with Crippen LogP contribution in [0.25, 0.3) is 0 Å². The van der Waals surface area contributed by atoms with Gasteiger partial charge in [0.15, 0.2) is 17.3 Å². The SMILES string of the molecule is C=CCN1CCC2(CC1)OCCN2S(=O)(=O)c1ccc(C(C)=O)cc1.CCCCN1CCC2(CC1)OCCN2S(=O)(=O)c1ccc(C(C)=O)cc1.CCN1CCC2(CC1)OCCN2S(=O)(=O)c1ccc(C(C)=O)cc1.Cc1ccc(S(=O)(=O)N2CCOC23CCN(C)CC3)cc1.O=S(=O)(c1ccc(CO)cc1)N1CCOC12CCN(CC1CC1)CC2.O=S=O. The van der Waals surface area contributed by atoms with Crippen molar-refractivity contribution in [1.29, 1.82) is 0 Å². The van der Waals surface area contributed by atoms with Crippen LogP contribution in [0.2, 0.25) is 0 Å². The van der Waals surface area contributed by atoms with Gasteiger partial charge in [-0.25, -0.2) is 42.1 Å². The lowest BCUT2D eigenvalue weighted by Gasteiger charge is -2.43. The summed E-state index contributed by atoms with van der Waals surface area (Å²) >= 11 is -0.750. The fraction of sp³-hybridized carbons (Fsp3) is 0.598. The predicted molar refractivity (Wildman–Crippen MR) is 468 cm³/mol. The molecule has 1 N–H and O–H groups in total. The molecule has 11 aliphatic rings. The summed E-state index contributed by atoms with van der Waals surface area (Å²) < 4.78 is 185. The number of sulfonamides is 5. The molecule has 11 fully saturated rings. The first-order chi connectivity index (χ1) is 59.0. The molecule has 0 radical (unpaired) electrons. The molecule has 0 atom stereocenters. The van der Waals surface area contributed by atoms with Gasteiger partial charge in [-0.3, -0.25) is 19.3 Å². The third kappa shape index (κ3) is 22.8. The summed E-state index contributed by atoms with van der Waals surface area (Å²) in [7, 11) is -16.0. The van der Waals surface area contributed by atoms with Gasteiger partial charge in [0.1, 0.15) is 28.6 Å². The van der Waals surface area contributed by atoms with Gasteiger partial charge in [-0.05, 0) is 139 Å². The number of carbonyl (C=O) groups is 3. The number of carbonyl (C=O) groups excluding carboxylic acids is 3. The number of unbranched alkanes of at least 4 members (excludes halogenated alkanes) is 1. The molecule has 0 aromatic heterocycles. The van der Waals surface area contributed by atoms with Crippen LogP contribution in [0.5, 0.6) is 0 Å². The summed E-state index contributed by atoms with van der Waals surface area (Å²) in [6.07, 6.45) is 13.8. The Morgan fingerprint density at radius 2 is 0.677 bits per heavy atom. The number of piperidine rings is 5. The van der Waals surface area contributed by atoms with E-state index in [1.807, 2.05) is 25.1 Å². The Morgan fingerprint density at radius 3 is 0.944 bits per heavy atom. The average molecular weight is 1840 g/mol. The van der Waals surface area contributed by atoms with Gasteiger partial charge in [0.05, 0.1) is 64.1 Å². The van der Waals surface area contributed by atoms with Crippen molar-refractivity contribution in [2.75, 3.05) is 164 Å². The Bertz CT molecular complexity index is 5070. The number of aliphatic hydroxyl groups excluding tert-OH is 1.